The summed E-state index contributed by atoms with van der Waals surface area (Å²) in [6.07, 6.45) is 1.54. The van der Waals surface area contributed by atoms with E-state index in [9.17, 15) is 0 Å². The van der Waals surface area contributed by atoms with E-state index in [0.717, 1.165) is 16.7 Å². The molecule has 0 saturated heterocycles. The molecule has 0 unspecified atom stereocenters. The third kappa shape index (κ3) is 1.95. The Bertz CT molecular complexity index is 214. The molecule has 0 radical (unpaired) electrons. The zero-order chi connectivity index (χ0) is 7.40. The van der Waals surface area contributed by atoms with Gasteiger partial charge < -0.3 is 0 Å². The molecule has 0 amide bonds. The van der Waals surface area contributed by atoms with Crippen molar-refractivity contribution in [3.8, 4) is 0 Å². The van der Waals surface area contributed by atoms with E-state index in [2.05, 4.69) is 21.9 Å². The fraction of sp³-hybridized carbons (Fsp3) is 0.500. The van der Waals surface area contributed by atoms with E-state index in [1.54, 1.807) is 18.1 Å². The summed E-state index contributed by atoms with van der Waals surface area (Å²) in [7, 11) is 0. The molecule has 1 rings (SSSR count). The summed E-state index contributed by atoms with van der Waals surface area (Å²) in [5, 5.41) is 0.815. The highest BCUT2D eigenvalue weighted by Crippen LogP contribution is 2.09. The first kappa shape index (κ1) is 7.47. The van der Waals surface area contributed by atoms with E-state index in [0.29, 0.717) is 0 Å². The molecule has 1 aromatic rings. The summed E-state index contributed by atoms with van der Waals surface area (Å²) in [5.74, 6) is 1.79. The van der Waals surface area contributed by atoms with Crippen LogP contribution in [0.3, 0.4) is 0 Å². The molecule has 3 nitrogen and oxygen atoms in total. The monoisotopic (exact) mass is 155 g/mol. The molecule has 0 fully saturated rings. The van der Waals surface area contributed by atoms with Gasteiger partial charge in [0.15, 0.2) is 5.16 Å². The van der Waals surface area contributed by atoms with E-state index in [1.165, 1.54) is 0 Å². The summed E-state index contributed by atoms with van der Waals surface area (Å²) in [6, 6.07) is 0. The van der Waals surface area contributed by atoms with Gasteiger partial charge >= 0.3 is 0 Å². The molecule has 0 spiro atoms. The van der Waals surface area contributed by atoms with Crippen LogP contribution in [0.2, 0.25) is 0 Å². The zero-order valence-corrected chi connectivity index (χ0v) is 6.85. The second-order valence-electron chi connectivity index (χ2n) is 1.75. The molecular weight excluding hydrogens is 146 g/mol. The molecule has 0 saturated carbocycles. The van der Waals surface area contributed by atoms with Gasteiger partial charge in [-0.2, -0.15) is 0 Å². The minimum atomic E-state index is 0.783. The second-order valence-corrected chi connectivity index (χ2v) is 2.98. The lowest BCUT2D eigenvalue weighted by Crippen LogP contribution is -1.91. The average molecular weight is 155 g/mol. The predicted octanol–water partition coefficient (Wildman–Crippen LogP) is 1.29. The Balaban J connectivity index is 2.75. The van der Waals surface area contributed by atoms with Gasteiger partial charge in [0.05, 0.1) is 0 Å². The lowest BCUT2D eigenvalue weighted by molar-refractivity contribution is 0.858. The number of nitrogens with zero attached hydrogens (tertiary/aromatic N) is 3. The van der Waals surface area contributed by atoms with Crippen molar-refractivity contribution in [1.82, 2.24) is 15.0 Å². The van der Waals surface area contributed by atoms with Crippen LogP contribution in [0.25, 0.3) is 0 Å². The van der Waals surface area contributed by atoms with E-state index in [-0.39, 0.29) is 0 Å². The van der Waals surface area contributed by atoms with Gasteiger partial charge in [0, 0.05) is 0 Å². The number of thioether (sulfide) groups is 1. The molecule has 1 aromatic heterocycles. The van der Waals surface area contributed by atoms with Crippen LogP contribution >= 0.6 is 11.8 Å². The maximum Gasteiger partial charge on any atom is 0.190 e. The first-order chi connectivity index (χ1) is 4.83. The maximum atomic E-state index is 4.10. The molecule has 10 heavy (non-hydrogen) atoms. The predicted molar refractivity (Wildman–Crippen MR) is 41.0 cm³/mol. The largest absolute Gasteiger partial charge is 0.222 e. The highest BCUT2D eigenvalue weighted by molar-refractivity contribution is 7.99. The average Bonchev–Trinajstić information content (AvgIpc) is 1.88. The number of aryl methyl sites for hydroxylation is 1. The number of hydrogen-bond donors (Lipinski definition) is 0. The van der Waals surface area contributed by atoms with Gasteiger partial charge in [0.25, 0.3) is 0 Å². The van der Waals surface area contributed by atoms with Crippen LogP contribution in [0.1, 0.15) is 12.7 Å². The first-order valence-corrected chi connectivity index (χ1v) is 4.10. The van der Waals surface area contributed by atoms with Crippen molar-refractivity contribution in [3.63, 3.8) is 0 Å². The first-order valence-electron chi connectivity index (χ1n) is 3.11. The van der Waals surface area contributed by atoms with Crippen molar-refractivity contribution in [2.75, 3.05) is 5.75 Å². The highest BCUT2D eigenvalue weighted by Gasteiger charge is 1.93. The fourth-order valence-corrected chi connectivity index (χ4v) is 1.13. The molecule has 0 aliphatic heterocycles. The lowest BCUT2D eigenvalue weighted by atomic mass is 10.7. The molecule has 0 bridgehead atoms. The van der Waals surface area contributed by atoms with Crippen molar-refractivity contribution in [2.45, 2.75) is 19.0 Å². The minimum Gasteiger partial charge on any atom is -0.222 e. The molecule has 1 heterocycles. The van der Waals surface area contributed by atoms with Crippen LogP contribution < -0.4 is 0 Å². The Hall–Kier alpha value is -0.640. The lowest BCUT2D eigenvalue weighted by Gasteiger charge is -1.94. The Kier molecular flexibility index (Phi) is 2.62. The van der Waals surface area contributed by atoms with E-state index < -0.39 is 0 Å². The molecule has 54 valence electrons. The van der Waals surface area contributed by atoms with Crippen molar-refractivity contribution < 1.29 is 0 Å². The van der Waals surface area contributed by atoms with Crippen LogP contribution in [0.15, 0.2) is 11.5 Å². The van der Waals surface area contributed by atoms with Crippen LogP contribution in [0.5, 0.6) is 0 Å². The van der Waals surface area contributed by atoms with Crippen LogP contribution in [-0.2, 0) is 0 Å². The van der Waals surface area contributed by atoms with Gasteiger partial charge in [-0.1, -0.05) is 18.7 Å². The molecular formula is C6H9N3S. The third-order valence-electron chi connectivity index (χ3n) is 0.944. The Morgan fingerprint density at radius 3 is 2.90 bits per heavy atom. The van der Waals surface area contributed by atoms with Crippen molar-refractivity contribution in [3.05, 3.63) is 12.2 Å². The quantitative estimate of drug-likeness (QED) is 0.603. The molecule has 0 atom stereocenters. The maximum absolute atomic E-state index is 4.10. The van der Waals surface area contributed by atoms with Gasteiger partial charge in [-0.05, 0) is 12.7 Å². The Labute approximate surface area is 64.3 Å². The zero-order valence-electron chi connectivity index (χ0n) is 6.03. The van der Waals surface area contributed by atoms with E-state index in [4.69, 9.17) is 0 Å². The number of hydrogen-bond acceptors (Lipinski definition) is 4. The smallest absolute Gasteiger partial charge is 0.190 e. The third-order valence-corrected chi connectivity index (χ3v) is 1.69. The molecule has 0 aromatic carbocycles. The van der Waals surface area contributed by atoms with E-state index in [1.807, 2.05) is 6.92 Å². The van der Waals surface area contributed by atoms with Gasteiger partial charge in [0.1, 0.15) is 12.2 Å². The summed E-state index contributed by atoms with van der Waals surface area (Å²) in [5.41, 5.74) is 0. The topological polar surface area (TPSA) is 38.7 Å². The highest BCUT2D eigenvalue weighted by atomic mass is 32.2. The summed E-state index contributed by atoms with van der Waals surface area (Å²) in [4.78, 5) is 12.0. The van der Waals surface area contributed by atoms with Crippen LogP contribution in [-0.4, -0.2) is 20.7 Å². The summed E-state index contributed by atoms with van der Waals surface area (Å²) < 4.78 is 0. The number of rotatable bonds is 2. The van der Waals surface area contributed by atoms with E-state index >= 15 is 0 Å². The van der Waals surface area contributed by atoms with Crippen molar-refractivity contribution >= 4 is 11.8 Å². The number of aromatic nitrogens is 3. The SMILES string of the molecule is CCSc1ncnc(C)n1. The molecule has 0 aliphatic rings. The molecule has 4 heteroatoms. The standard InChI is InChI=1S/C6H9N3S/c1-3-10-6-8-4-7-5(2)9-6/h4H,3H2,1-2H3. The normalized spacial score (nSPS) is 9.80. The Morgan fingerprint density at radius 1 is 1.50 bits per heavy atom. The van der Waals surface area contributed by atoms with Crippen LogP contribution in [0, 0.1) is 6.92 Å². The van der Waals surface area contributed by atoms with Crippen molar-refractivity contribution in [1.29, 1.82) is 0 Å². The molecule has 0 aliphatic carbocycles. The fourth-order valence-electron chi connectivity index (χ4n) is 0.557. The van der Waals surface area contributed by atoms with Gasteiger partial charge in [-0.3, -0.25) is 0 Å². The van der Waals surface area contributed by atoms with Gasteiger partial charge in [-0.25, -0.2) is 15.0 Å². The Morgan fingerprint density at radius 2 is 2.30 bits per heavy atom. The van der Waals surface area contributed by atoms with Gasteiger partial charge in [-0.15, -0.1) is 0 Å². The minimum absolute atomic E-state index is 0.783. The molecule has 0 N–H and O–H groups in total. The summed E-state index contributed by atoms with van der Waals surface area (Å²) >= 11 is 1.63. The van der Waals surface area contributed by atoms with Crippen molar-refractivity contribution in [2.24, 2.45) is 0 Å². The van der Waals surface area contributed by atoms with Crippen LogP contribution in [0.4, 0.5) is 0 Å². The second kappa shape index (κ2) is 3.51. The summed E-state index contributed by atoms with van der Waals surface area (Å²) in [6.45, 7) is 3.94. The van der Waals surface area contributed by atoms with Gasteiger partial charge in [0.2, 0.25) is 0 Å².